The van der Waals surface area contributed by atoms with Crippen molar-refractivity contribution in [1.82, 2.24) is 4.98 Å². The molecule has 2 heterocycles. The Bertz CT molecular complexity index is 861. The number of aromatic nitrogens is 1. The Kier molecular flexibility index (Phi) is 10.4. The summed E-state index contributed by atoms with van der Waals surface area (Å²) in [5.74, 6) is 0.202. The lowest BCUT2D eigenvalue weighted by atomic mass is 10.1. The van der Waals surface area contributed by atoms with Gasteiger partial charge in [-0.1, -0.05) is 0 Å². The Morgan fingerprint density at radius 3 is 2.15 bits per heavy atom. The highest BCUT2D eigenvalue weighted by Gasteiger charge is 2.49. The van der Waals surface area contributed by atoms with E-state index in [0.29, 0.717) is 0 Å². The molecule has 1 aliphatic heterocycles. The van der Waals surface area contributed by atoms with Gasteiger partial charge < -0.3 is 33.2 Å². The van der Waals surface area contributed by atoms with Gasteiger partial charge in [-0.3, -0.25) is 0 Å². The van der Waals surface area contributed by atoms with Gasteiger partial charge in [-0.15, -0.1) is 11.8 Å². The fourth-order valence-electron chi connectivity index (χ4n) is 2.71. The molecule has 4 atom stereocenters. The van der Waals surface area contributed by atoms with E-state index in [1.54, 1.807) is 26.8 Å². The first-order valence-corrected chi connectivity index (χ1v) is 11.1. The maximum atomic E-state index is 12.1. The molecule has 0 aromatic carbocycles. The van der Waals surface area contributed by atoms with Crippen LogP contribution in [0.5, 0.6) is 5.75 Å². The zero-order chi connectivity index (χ0) is 24.2. The lowest BCUT2D eigenvalue weighted by molar-refractivity contribution is -0.120. The number of pyridine rings is 1. The van der Waals surface area contributed by atoms with E-state index in [2.05, 4.69) is 4.98 Å². The molecule has 0 bridgehead atoms. The van der Waals surface area contributed by atoms with Gasteiger partial charge in [-0.2, -0.15) is 5.26 Å². The highest BCUT2D eigenvalue weighted by molar-refractivity contribution is 7.99. The molecular weight excluding hydrogens is 460 g/mol. The van der Waals surface area contributed by atoms with Crippen molar-refractivity contribution in [2.45, 2.75) is 44.5 Å². The van der Waals surface area contributed by atoms with Gasteiger partial charge in [0.25, 0.3) is 0 Å². The van der Waals surface area contributed by atoms with Crippen LogP contribution in [0.3, 0.4) is 0 Å². The normalized spacial score (nSPS) is 21.6. The molecule has 13 heteroatoms. The average molecular weight is 484 g/mol. The van der Waals surface area contributed by atoms with Crippen LogP contribution in [0.4, 0.5) is 14.4 Å². The van der Waals surface area contributed by atoms with Crippen LogP contribution in [0.25, 0.3) is 0 Å². The Labute approximate surface area is 194 Å². The summed E-state index contributed by atoms with van der Waals surface area (Å²) in [5, 5.41) is 9.29. The molecule has 0 radical (unpaired) electrons. The third-order valence-corrected chi connectivity index (χ3v) is 5.22. The van der Waals surface area contributed by atoms with Gasteiger partial charge >= 0.3 is 18.5 Å². The van der Waals surface area contributed by atoms with E-state index in [0.717, 1.165) is 11.8 Å². The van der Waals surface area contributed by atoms with Crippen LogP contribution in [-0.2, 0) is 28.4 Å². The molecule has 1 aromatic heterocycles. The van der Waals surface area contributed by atoms with Gasteiger partial charge in [-0.05, 0) is 32.9 Å². The summed E-state index contributed by atoms with van der Waals surface area (Å²) in [6.45, 7) is 4.87. The van der Waals surface area contributed by atoms with Crippen molar-refractivity contribution in [3.8, 4) is 11.8 Å². The molecule has 1 aromatic rings. The molecule has 0 N–H and O–H groups in total. The lowest BCUT2D eigenvalue weighted by Crippen LogP contribution is -2.56. The molecule has 0 spiro atoms. The van der Waals surface area contributed by atoms with Crippen molar-refractivity contribution in [1.29, 1.82) is 5.26 Å². The molecule has 2 rings (SSSR count). The minimum atomic E-state index is -1.33. The average Bonchev–Trinajstić information content (AvgIpc) is 2.78. The molecule has 0 aliphatic carbocycles. The summed E-state index contributed by atoms with van der Waals surface area (Å²) >= 11 is 1.10. The Morgan fingerprint density at radius 2 is 1.58 bits per heavy atom. The Morgan fingerprint density at radius 1 is 1.00 bits per heavy atom. The smallest absolute Gasteiger partial charge is 0.473 e. The largest absolute Gasteiger partial charge is 0.508 e. The van der Waals surface area contributed by atoms with Crippen molar-refractivity contribution in [3.63, 3.8) is 0 Å². The van der Waals surface area contributed by atoms with Crippen LogP contribution < -0.4 is 4.74 Å². The van der Waals surface area contributed by atoms with E-state index < -0.39 is 42.2 Å². The number of ether oxygens (including phenoxy) is 7. The molecule has 0 unspecified atom stereocenters. The van der Waals surface area contributed by atoms with E-state index in [4.69, 9.17) is 33.2 Å². The monoisotopic (exact) mass is 484 g/mol. The van der Waals surface area contributed by atoms with Crippen molar-refractivity contribution >= 4 is 30.2 Å². The summed E-state index contributed by atoms with van der Waals surface area (Å²) in [4.78, 5) is 40.1. The van der Waals surface area contributed by atoms with Gasteiger partial charge in [0.1, 0.15) is 6.07 Å². The number of rotatable bonds is 8. The summed E-state index contributed by atoms with van der Waals surface area (Å²) in [5.41, 5.74) is -0.979. The van der Waals surface area contributed by atoms with Crippen molar-refractivity contribution < 1.29 is 47.5 Å². The fourth-order valence-corrected chi connectivity index (χ4v) is 3.92. The number of carbonyl (C=O) groups is 3. The van der Waals surface area contributed by atoms with Crippen LogP contribution >= 0.6 is 11.8 Å². The number of hydrogen-bond acceptors (Lipinski definition) is 13. The number of nitrogens with zero attached hydrogens (tertiary/aromatic N) is 2. The molecule has 1 aliphatic rings. The van der Waals surface area contributed by atoms with Gasteiger partial charge in [-0.25, -0.2) is 19.4 Å². The van der Waals surface area contributed by atoms with E-state index in [-0.39, 0.29) is 37.0 Å². The SMILES string of the molecule is CCOC(=O)O[C@@H]1[C@@H](OC(=O)OCC)[C@H](OC(=O)OCC)CS[C@H]1Oc1cccnc1C#N. The highest BCUT2D eigenvalue weighted by Crippen LogP contribution is 2.35. The fraction of sp³-hybridized carbons (Fsp3) is 0.550. The highest BCUT2D eigenvalue weighted by atomic mass is 32.2. The summed E-state index contributed by atoms with van der Waals surface area (Å²) in [6.07, 6.45) is -5.40. The number of thioether (sulfide) groups is 1. The standard InChI is InChI=1S/C20H24N2O10S/c1-4-26-18(23)30-14-11-33-17(29-13-8-7-9-22-12(13)10-21)16(32-20(25)28-6-3)15(14)31-19(24)27-5-2/h7-9,14-17H,4-6,11H2,1-3H3/t14-,15+,16-,17-/m1/s1. The van der Waals surface area contributed by atoms with Crippen LogP contribution in [0.1, 0.15) is 26.5 Å². The predicted molar refractivity (Wildman–Crippen MR) is 112 cm³/mol. The topological polar surface area (TPSA) is 153 Å². The molecule has 1 fully saturated rings. The number of nitriles is 1. The summed E-state index contributed by atoms with van der Waals surface area (Å²) in [6, 6.07) is 4.97. The van der Waals surface area contributed by atoms with Crippen molar-refractivity contribution in [3.05, 3.63) is 24.0 Å². The first kappa shape index (κ1) is 25.9. The second-order valence-corrected chi connectivity index (χ2v) is 7.28. The number of carbonyl (C=O) groups excluding carboxylic acids is 3. The maximum Gasteiger partial charge on any atom is 0.508 e. The van der Waals surface area contributed by atoms with Gasteiger partial charge in [0.15, 0.2) is 35.2 Å². The van der Waals surface area contributed by atoms with Crippen LogP contribution in [0.15, 0.2) is 18.3 Å². The van der Waals surface area contributed by atoms with Crippen LogP contribution in [-0.4, -0.2) is 72.8 Å². The molecular formula is C20H24N2O10S. The Balaban J connectivity index is 2.36. The molecule has 0 amide bonds. The second-order valence-electron chi connectivity index (χ2n) is 6.15. The van der Waals surface area contributed by atoms with E-state index in [1.807, 2.05) is 6.07 Å². The van der Waals surface area contributed by atoms with Gasteiger partial charge in [0, 0.05) is 11.9 Å². The molecule has 33 heavy (non-hydrogen) atoms. The van der Waals surface area contributed by atoms with Crippen LogP contribution in [0.2, 0.25) is 0 Å². The summed E-state index contributed by atoms with van der Waals surface area (Å²) < 4.78 is 36.4. The quantitative estimate of drug-likeness (QED) is 0.393. The van der Waals surface area contributed by atoms with Gasteiger partial charge in [0.05, 0.1) is 19.8 Å². The predicted octanol–water partition coefficient (Wildman–Crippen LogP) is 3.03. The third kappa shape index (κ3) is 7.60. The van der Waals surface area contributed by atoms with Crippen molar-refractivity contribution in [2.75, 3.05) is 25.6 Å². The number of hydrogen-bond donors (Lipinski definition) is 0. The Hall–Kier alpha value is -3.40. The molecule has 0 saturated carbocycles. The zero-order valence-corrected chi connectivity index (χ0v) is 19.1. The minimum absolute atomic E-state index is 0.000688. The molecule has 180 valence electrons. The second kappa shape index (κ2) is 13.2. The van der Waals surface area contributed by atoms with Crippen LogP contribution in [0, 0.1) is 11.3 Å². The summed E-state index contributed by atoms with van der Waals surface area (Å²) in [7, 11) is 0. The lowest BCUT2D eigenvalue weighted by Gasteiger charge is -2.39. The molecule has 12 nitrogen and oxygen atoms in total. The first-order chi connectivity index (χ1) is 15.9. The zero-order valence-electron chi connectivity index (χ0n) is 18.3. The first-order valence-electron chi connectivity index (χ1n) is 10.1. The van der Waals surface area contributed by atoms with Crippen molar-refractivity contribution in [2.24, 2.45) is 0 Å². The maximum absolute atomic E-state index is 12.1. The molecule has 1 saturated heterocycles. The van der Waals surface area contributed by atoms with Gasteiger partial charge in [0.2, 0.25) is 0 Å². The third-order valence-electron chi connectivity index (χ3n) is 4.00. The van der Waals surface area contributed by atoms with E-state index >= 15 is 0 Å². The van der Waals surface area contributed by atoms with E-state index in [1.165, 1.54) is 12.3 Å². The van der Waals surface area contributed by atoms with E-state index in [9.17, 15) is 19.6 Å². The minimum Gasteiger partial charge on any atom is -0.473 e.